The van der Waals surface area contributed by atoms with Crippen molar-refractivity contribution in [1.29, 1.82) is 0 Å². The Kier molecular flexibility index (Phi) is 4.41. The summed E-state index contributed by atoms with van der Waals surface area (Å²) in [6.45, 7) is 0.255. The summed E-state index contributed by atoms with van der Waals surface area (Å²) in [5.41, 5.74) is 1.98. The average Bonchev–Trinajstić information content (AvgIpc) is 3.01. The third-order valence-electron chi connectivity index (χ3n) is 3.89. The van der Waals surface area contributed by atoms with Gasteiger partial charge in [0, 0.05) is 11.8 Å². The van der Waals surface area contributed by atoms with Crippen LogP contribution in [0.4, 0.5) is 11.5 Å². The molecule has 1 aliphatic carbocycles. The molecule has 0 unspecified atom stereocenters. The Balaban J connectivity index is 1.81. The predicted octanol–water partition coefficient (Wildman–Crippen LogP) is 1.99. The van der Waals surface area contributed by atoms with E-state index in [1.807, 2.05) is 0 Å². The first-order valence-corrected chi connectivity index (χ1v) is 7.62. The largest absolute Gasteiger partial charge is 0.464 e. The van der Waals surface area contributed by atoms with Crippen LogP contribution in [0.3, 0.4) is 0 Å². The molecule has 0 aromatic carbocycles. The normalized spacial score (nSPS) is 13.2. The van der Waals surface area contributed by atoms with Crippen LogP contribution in [0, 0.1) is 10.1 Å². The number of ether oxygens (including phenoxy) is 1. The Morgan fingerprint density at radius 3 is 2.88 bits per heavy atom. The molecule has 24 heavy (non-hydrogen) atoms. The minimum atomic E-state index is -0.651. The molecule has 9 nitrogen and oxygen atoms in total. The standard InChI is InChI=1S/C15H17N5O4/c1-24-15(21)11-6-7-12(20(22)23)14(19-11)16-8-13-17-9-4-2-3-5-10(9)18-13/h6-7H,2-5,8H2,1H3,(H,16,19)(H,17,18). The van der Waals surface area contributed by atoms with Crippen molar-refractivity contribution < 1.29 is 14.5 Å². The van der Waals surface area contributed by atoms with Gasteiger partial charge in [0.05, 0.1) is 24.3 Å². The van der Waals surface area contributed by atoms with E-state index < -0.39 is 10.9 Å². The van der Waals surface area contributed by atoms with Crippen molar-refractivity contribution in [1.82, 2.24) is 15.0 Å². The number of carbonyl (C=O) groups is 1. The minimum Gasteiger partial charge on any atom is -0.464 e. The van der Waals surface area contributed by atoms with E-state index in [-0.39, 0.29) is 23.7 Å². The highest BCUT2D eigenvalue weighted by Crippen LogP contribution is 2.24. The monoisotopic (exact) mass is 331 g/mol. The third-order valence-corrected chi connectivity index (χ3v) is 3.89. The van der Waals surface area contributed by atoms with Crippen molar-refractivity contribution in [3.05, 3.63) is 45.2 Å². The van der Waals surface area contributed by atoms with Gasteiger partial charge in [0.15, 0.2) is 5.69 Å². The molecule has 0 atom stereocenters. The molecule has 0 spiro atoms. The molecule has 0 fully saturated rings. The second-order valence-electron chi connectivity index (χ2n) is 5.48. The fourth-order valence-corrected chi connectivity index (χ4v) is 2.71. The molecule has 2 aromatic heterocycles. The molecule has 126 valence electrons. The number of hydrogen-bond acceptors (Lipinski definition) is 7. The lowest BCUT2D eigenvalue weighted by Gasteiger charge is -2.07. The van der Waals surface area contributed by atoms with Gasteiger partial charge in [-0.15, -0.1) is 0 Å². The highest BCUT2D eigenvalue weighted by atomic mass is 16.6. The van der Waals surface area contributed by atoms with Gasteiger partial charge in [-0.2, -0.15) is 0 Å². The Hall–Kier alpha value is -2.97. The Morgan fingerprint density at radius 2 is 2.17 bits per heavy atom. The zero-order valence-electron chi connectivity index (χ0n) is 13.2. The summed E-state index contributed by atoms with van der Waals surface area (Å²) >= 11 is 0. The Morgan fingerprint density at radius 1 is 1.38 bits per heavy atom. The summed E-state index contributed by atoms with van der Waals surface area (Å²) in [6, 6.07) is 2.50. The lowest BCUT2D eigenvalue weighted by atomic mass is 10.0. The maximum Gasteiger partial charge on any atom is 0.356 e. The van der Waals surface area contributed by atoms with E-state index in [4.69, 9.17) is 0 Å². The van der Waals surface area contributed by atoms with Crippen LogP contribution in [-0.4, -0.2) is 33.0 Å². The van der Waals surface area contributed by atoms with Gasteiger partial charge in [-0.1, -0.05) is 0 Å². The van der Waals surface area contributed by atoms with E-state index in [0.29, 0.717) is 5.82 Å². The quantitative estimate of drug-likeness (QED) is 0.488. The zero-order chi connectivity index (χ0) is 17.1. The van der Waals surface area contributed by atoms with Crippen LogP contribution in [0.15, 0.2) is 12.1 Å². The number of carbonyl (C=O) groups excluding carboxylic acids is 1. The first-order valence-electron chi connectivity index (χ1n) is 7.62. The average molecular weight is 331 g/mol. The molecule has 0 bridgehead atoms. The second-order valence-corrected chi connectivity index (χ2v) is 5.48. The van der Waals surface area contributed by atoms with E-state index in [2.05, 4.69) is 25.0 Å². The van der Waals surface area contributed by atoms with Crippen molar-refractivity contribution in [2.45, 2.75) is 32.2 Å². The lowest BCUT2D eigenvalue weighted by molar-refractivity contribution is -0.384. The number of anilines is 1. The van der Waals surface area contributed by atoms with Gasteiger partial charge >= 0.3 is 11.7 Å². The molecule has 0 amide bonds. The number of H-pyrrole nitrogens is 1. The van der Waals surface area contributed by atoms with Crippen LogP contribution < -0.4 is 5.32 Å². The van der Waals surface area contributed by atoms with Gasteiger partial charge < -0.3 is 15.0 Å². The number of nitrogens with zero attached hydrogens (tertiary/aromatic N) is 3. The van der Waals surface area contributed by atoms with Gasteiger partial charge in [0.1, 0.15) is 5.82 Å². The van der Waals surface area contributed by atoms with Crippen molar-refractivity contribution in [3.63, 3.8) is 0 Å². The van der Waals surface area contributed by atoms with Crippen LogP contribution in [-0.2, 0) is 24.1 Å². The number of aromatic amines is 1. The fraction of sp³-hybridized carbons (Fsp3) is 0.400. The van der Waals surface area contributed by atoms with Crippen molar-refractivity contribution in [3.8, 4) is 0 Å². The van der Waals surface area contributed by atoms with E-state index in [9.17, 15) is 14.9 Å². The molecule has 0 saturated carbocycles. The van der Waals surface area contributed by atoms with Gasteiger partial charge in [0.25, 0.3) is 0 Å². The number of aryl methyl sites for hydroxylation is 2. The molecule has 2 heterocycles. The van der Waals surface area contributed by atoms with Crippen LogP contribution >= 0.6 is 0 Å². The Bertz CT molecular complexity index is 763. The topological polar surface area (TPSA) is 123 Å². The van der Waals surface area contributed by atoms with Crippen molar-refractivity contribution >= 4 is 17.5 Å². The smallest absolute Gasteiger partial charge is 0.356 e. The summed E-state index contributed by atoms with van der Waals surface area (Å²) in [5.74, 6) is 0.0557. The minimum absolute atomic E-state index is 0.00402. The second kappa shape index (κ2) is 6.65. The maximum absolute atomic E-state index is 11.6. The van der Waals surface area contributed by atoms with Crippen molar-refractivity contribution in [2.24, 2.45) is 0 Å². The molecule has 1 aliphatic rings. The summed E-state index contributed by atoms with van der Waals surface area (Å²) in [5, 5.41) is 14.0. The SMILES string of the molecule is COC(=O)c1ccc([N+](=O)[O-])c(NCc2nc3c([nH]2)CCCC3)n1. The molecule has 2 N–H and O–H groups in total. The number of esters is 1. The number of hydrogen-bond donors (Lipinski definition) is 2. The number of rotatable bonds is 5. The van der Waals surface area contributed by atoms with E-state index in [0.717, 1.165) is 37.1 Å². The van der Waals surface area contributed by atoms with Crippen LogP contribution in [0.5, 0.6) is 0 Å². The molecule has 2 aromatic rings. The molecular formula is C15H17N5O4. The van der Waals surface area contributed by atoms with Crippen LogP contribution in [0.25, 0.3) is 0 Å². The number of fused-ring (bicyclic) bond motifs is 1. The highest BCUT2D eigenvalue weighted by Gasteiger charge is 2.20. The molecule has 9 heteroatoms. The predicted molar refractivity (Wildman–Crippen MR) is 84.8 cm³/mol. The number of imidazole rings is 1. The highest BCUT2D eigenvalue weighted by molar-refractivity contribution is 5.88. The van der Waals surface area contributed by atoms with Crippen LogP contribution in [0.2, 0.25) is 0 Å². The third kappa shape index (κ3) is 3.19. The first kappa shape index (κ1) is 15.9. The van der Waals surface area contributed by atoms with Gasteiger partial charge in [-0.25, -0.2) is 14.8 Å². The summed E-state index contributed by atoms with van der Waals surface area (Å²) < 4.78 is 4.59. The number of aromatic nitrogens is 3. The molecule has 0 saturated heterocycles. The Labute approximate surface area is 137 Å². The summed E-state index contributed by atoms with van der Waals surface area (Å²) in [7, 11) is 1.23. The maximum atomic E-state index is 11.6. The number of pyridine rings is 1. The molecular weight excluding hydrogens is 314 g/mol. The van der Waals surface area contributed by atoms with Crippen molar-refractivity contribution in [2.75, 3.05) is 12.4 Å². The fourth-order valence-electron chi connectivity index (χ4n) is 2.71. The molecule has 0 radical (unpaired) electrons. The van der Waals surface area contributed by atoms with E-state index in [1.54, 1.807) is 0 Å². The molecule has 0 aliphatic heterocycles. The molecule has 3 rings (SSSR count). The number of nitrogens with one attached hydrogen (secondary N) is 2. The number of nitro groups is 1. The lowest BCUT2D eigenvalue weighted by Crippen LogP contribution is -2.10. The number of methoxy groups -OCH3 is 1. The van der Waals surface area contributed by atoms with Gasteiger partial charge in [-0.3, -0.25) is 10.1 Å². The van der Waals surface area contributed by atoms with Crippen LogP contribution in [0.1, 0.15) is 40.5 Å². The summed E-state index contributed by atoms with van der Waals surface area (Å²) in [4.78, 5) is 33.9. The summed E-state index contributed by atoms with van der Waals surface area (Å²) in [6.07, 6.45) is 4.18. The first-order chi connectivity index (χ1) is 11.6. The van der Waals surface area contributed by atoms with Gasteiger partial charge in [0.2, 0.25) is 5.82 Å². The van der Waals surface area contributed by atoms with E-state index in [1.165, 1.54) is 19.2 Å². The van der Waals surface area contributed by atoms with Gasteiger partial charge in [-0.05, 0) is 31.7 Å². The zero-order valence-corrected chi connectivity index (χ0v) is 13.2. The van der Waals surface area contributed by atoms with E-state index >= 15 is 0 Å².